The maximum absolute atomic E-state index is 12.5. The van der Waals surface area contributed by atoms with Crippen LogP contribution in [-0.4, -0.2) is 35.9 Å². The second-order valence-corrected chi connectivity index (χ2v) is 6.05. The number of hydrogen-bond donors (Lipinski definition) is 1. The minimum absolute atomic E-state index is 0.270. The Morgan fingerprint density at radius 2 is 1.74 bits per heavy atom. The monoisotopic (exact) mass is 323 g/mol. The van der Waals surface area contributed by atoms with Crippen LogP contribution in [-0.2, 0) is 14.3 Å². The molecule has 0 aliphatic rings. The van der Waals surface area contributed by atoms with Gasteiger partial charge in [0, 0.05) is 12.1 Å². The number of aromatic nitrogens is 1. The molecule has 0 spiro atoms. The van der Waals surface area contributed by atoms with E-state index in [4.69, 9.17) is 9.47 Å². The summed E-state index contributed by atoms with van der Waals surface area (Å²) in [7, 11) is 1.29. The molecule has 0 bridgehead atoms. The standard InChI is InChI=1S/C17H25NO5/c1-9(2)7-8-13(19)23-12(5)16(20)15-10(3)14(11(4)18-15)17(21)22-6/h9,12,18H,7-8H2,1-6H3. The van der Waals surface area contributed by atoms with Gasteiger partial charge in [0.1, 0.15) is 0 Å². The van der Waals surface area contributed by atoms with E-state index in [1.165, 1.54) is 14.0 Å². The molecule has 1 aromatic heterocycles. The van der Waals surface area contributed by atoms with Crippen molar-refractivity contribution in [3.05, 3.63) is 22.5 Å². The van der Waals surface area contributed by atoms with Crippen molar-refractivity contribution in [1.82, 2.24) is 4.98 Å². The molecule has 0 aliphatic carbocycles. The maximum Gasteiger partial charge on any atom is 0.339 e. The van der Waals surface area contributed by atoms with Crippen molar-refractivity contribution in [1.29, 1.82) is 0 Å². The molecule has 0 radical (unpaired) electrons. The molecular formula is C17H25NO5. The summed E-state index contributed by atoms with van der Waals surface area (Å²) in [5.74, 6) is -0.867. The van der Waals surface area contributed by atoms with Gasteiger partial charge < -0.3 is 14.5 Å². The number of Topliss-reactive ketones (excluding diaryl/α,β-unsaturated/α-hetero) is 1. The van der Waals surface area contributed by atoms with E-state index in [0.717, 1.165) is 0 Å². The molecule has 6 heteroatoms. The van der Waals surface area contributed by atoms with Crippen LogP contribution in [0.5, 0.6) is 0 Å². The van der Waals surface area contributed by atoms with E-state index in [0.29, 0.717) is 29.2 Å². The molecule has 6 nitrogen and oxygen atoms in total. The van der Waals surface area contributed by atoms with Crippen molar-refractivity contribution < 1.29 is 23.9 Å². The highest BCUT2D eigenvalue weighted by atomic mass is 16.5. The summed E-state index contributed by atoms with van der Waals surface area (Å²) in [5.41, 5.74) is 1.67. The molecule has 0 saturated carbocycles. The van der Waals surface area contributed by atoms with Gasteiger partial charge in [-0.25, -0.2) is 4.79 Å². The second kappa shape index (κ2) is 7.94. The average Bonchev–Trinajstić information content (AvgIpc) is 2.78. The van der Waals surface area contributed by atoms with Crippen molar-refractivity contribution in [2.45, 2.75) is 53.6 Å². The number of nitrogens with one attached hydrogen (secondary N) is 1. The van der Waals surface area contributed by atoms with Gasteiger partial charge in [-0.3, -0.25) is 9.59 Å². The molecular weight excluding hydrogens is 298 g/mol. The molecule has 1 heterocycles. The van der Waals surface area contributed by atoms with Crippen molar-refractivity contribution in [3.63, 3.8) is 0 Å². The van der Waals surface area contributed by atoms with E-state index in [9.17, 15) is 14.4 Å². The highest BCUT2D eigenvalue weighted by Crippen LogP contribution is 2.21. The van der Waals surface area contributed by atoms with Crippen LogP contribution >= 0.6 is 0 Å². The molecule has 23 heavy (non-hydrogen) atoms. The van der Waals surface area contributed by atoms with E-state index in [1.54, 1.807) is 13.8 Å². The molecule has 0 amide bonds. The van der Waals surface area contributed by atoms with Crippen molar-refractivity contribution in [3.8, 4) is 0 Å². The van der Waals surface area contributed by atoms with Crippen molar-refractivity contribution in [2.24, 2.45) is 5.92 Å². The number of ether oxygens (including phenoxy) is 2. The van der Waals surface area contributed by atoms with E-state index >= 15 is 0 Å². The summed E-state index contributed by atoms with van der Waals surface area (Å²) in [5, 5.41) is 0. The van der Waals surface area contributed by atoms with E-state index in [1.807, 2.05) is 13.8 Å². The number of ketones is 1. The Morgan fingerprint density at radius 3 is 2.26 bits per heavy atom. The van der Waals surface area contributed by atoms with E-state index in [2.05, 4.69) is 4.98 Å². The molecule has 1 unspecified atom stereocenters. The highest BCUT2D eigenvalue weighted by molar-refractivity contribution is 6.03. The Hall–Kier alpha value is -2.11. The minimum Gasteiger partial charge on any atom is -0.465 e. The quantitative estimate of drug-likeness (QED) is 0.616. The topological polar surface area (TPSA) is 85.5 Å². The lowest BCUT2D eigenvalue weighted by molar-refractivity contribution is -0.146. The Kier molecular flexibility index (Phi) is 6.54. The first-order valence-electron chi connectivity index (χ1n) is 7.70. The molecule has 0 fully saturated rings. The molecule has 0 aliphatic heterocycles. The highest BCUT2D eigenvalue weighted by Gasteiger charge is 2.27. The fraction of sp³-hybridized carbons (Fsp3) is 0.588. The first-order valence-corrected chi connectivity index (χ1v) is 7.70. The molecule has 1 aromatic rings. The zero-order chi connectivity index (χ0) is 17.7. The Morgan fingerprint density at radius 1 is 1.13 bits per heavy atom. The van der Waals surface area contributed by atoms with Crippen LogP contribution in [0.1, 0.15) is 65.7 Å². The Labute approximate surface area is 136 Å². The maximum atomic E-state index is 12.5. The van der Waals surface area contributed by atoms with Crippen molar-refractivity contribution in [2.75, 3.05) is 7.11 Å². The number of hydrogen-bond acceptors (Lipinski definition) is 5. The Bertz CT molecular complexity index is 600. The van der Waals surface area contributed by atoms with Gasteiger partial charge in [0.25, 0.3) is 0 Å². The third-order valence-electron chi connectivity index (χ3n) is 3.68. The first kappa shape index (κ1) is 18.9. The normalized spacial score (nSPS) is 12.1. The number of H-pyrrole nitrogens is 1. The lowest BCUT2D eigenvalue weighted by atomic mass is 10.1. The van der Waals surface area contributed by atoms with Gasteiger partial charge in [-0.2, -0.15) is 0 Å². The third kappa shape index (κ3) is 4.68. The number of carbonyl (C=O) groups excluding carboxylic acids is 3. The number of aromatic amines is 1. The number of esters is 2. The second-order valence-electron chi connectivity index (χ2n) is 6.05. The van der Waals surface area contributed by atoms with Crippen LogP contribution in [0, 0.1) is 19.8 Å². The van der Waals surface area contributed by atoms with Gasteiger partial charge in [-0.05, 0) is 38.7 Å². The van der Waals surface area contributed by atoms with E-state index < -0.39 is 18.0 Å². The van der Waals surface area contributed by atoms with Gasteiger partial charge in [0.15, 0.2) is 6.10 Å². The molecule has 128 valence electrons. The van der Waals surface area contributed by atoms with Crippen LogP contribution in [0.15, 0.2) is 0 Å². The molecule has 0 aromatic carbocycles. The van der Waals surface area contributed by atoms with Crippen molar-refractivity contribution >= 4 is 17.7 Å². The van der Waals surface area contributed by atoms with Gasteiger partial charge in [0.05, 0.1) is 18.4 Å². The summed E-state index contributed by atoms with van der Waals surface area (Å²) in [4.78, 5) is 38.8. The average molecular weight is 323 g/mol. The first-order chi connectivity index (χ1) is 10.7. The number of carbonyl (C=O) groups is 3. The summed E-state index contributed by atoms with van der Waals surface area (Å²) in [6, 6.07) is 0. The molecule has 1 atom stereocenters. The predicted molar refractivity (Wildman–Crippen MR) is 85.6 cm³/mol. The Balaban J connectivity index is 2.85. The predicted octanol–water partition coefficient (Wildman–Crippen LogP) is 2.97. The molecule has 0 saturated heterocycles. The van der Waals surface area contributed by atoms with Crippen LogP contribution in [0.2, 0.25) is 0 Å². The van der Waals surface area contributed by atoms with Gasteiger partial charge in [-0.15, -0.1) is 0 Å². The van der Waals surface area contributed by atoms with Gasteiger partial charge in [-0.1, -0.05) is 13.8 Å². The smallest absolute Gasteiger partial charge is 0.339 e. The van der Waals surface area contributed by atoms with Gasteiger partial charge in [0.2, 0.25) is 5.78 Å². The fourth-order valence-corrected chi connectivity index (χ4v) is 2.32. The minimum atomic E-state index is -0.906. The summed E-state index contributed by atoms with van der Waals surface area (Å²) < 4.78 is 9.90. The largest absolute Gasteiger partial charge is 0.465 e. The van der Waals surface area contributed by atoms with Crippen LogP contribution < -0.4 is 0 Å². The number of methoxy groups -OCH3 is 1. The SMILES string of the molecule is COC(=O)c1c(C)[nH]c(C(=O)C(C)OC(=O)CCC(C)C)c1C. The molecule has 1 N–H and O–H groups in total. The summed E-state index contributed by atoms with van der Waals surface area (Å²) in [6.45, 7) is 8.91. The lowest BCUT2D eigenvalue weighted by Crippen LogP contribution is -2.25. The van der Waals surface area contributed by atoms with Crippen LogP contribution in [0.25, 0.3) is 0 Å². The third-order valence-corrected chi connectivity index (χ3v) is 3.68. The van der Waals surface area contributed by atoms with Crippen LogP contribution in [0.3, 0.4) is 0 Å². The lowest BCUT2D eigenvalue weighted by Gasteiger charge is -2.12. The summed E-state index contributed by atoms with van der Waals surface area (Å²) >= 11 is 0. The van der Waals surface area contributed by atoms with E-state index in [-0.39, 0.29) is 17.9 Å². The van der Waals surface area contributed by atoms with Gasteiger partial charge >= 0.3 is 11.9 Å². The number of rotatable bonds is 7. The zero-order valence-corrected chi connectivity index (χ0v) is 14.6. The fourth-order valence-electron chi connectivity index (χ4n) is 2.32. The van der Waals surface area contributed by atoms with Crippen LogP contribution in [0.4, 0.5) is 0 Å². The zero-order valence-electron chi connectivity index (χ0n) is 14.6. The summed E-state index contributed by atoms with van der Waals surface area (Å²) in [6.07, 6.45) is 0.0927. The molecule has 1 rings (SSSR count). The number of aryl methyl sites for hydroxylation is 1.